The summed E-state index contributed by atoms with van der Waals surface area (Å²) in [6.45, 7) is 2.03. The van der Waals surface area contributed by atoms with E-state index in [9.17, 15) is 5.26 Å². The van der Waals surface area contributed by atoms with Crippen LogP contribution in [0.1, 0.15) is 40.2 Å². The van der Waals surface area contributed by atoms with Gasteiger partial charge in [-0.2, -0.15) is 5.26 Å². The summed E-state index contributed by atoms with van der Waals surface area (Å²) in [5.74, 6) is 0. The number of fused-ring (bicyclic) bond motifs is 3. The van der Waals surface area contributed by atoms with Crippen LogP contribution in [-0.4, -0.2) is 9.38 Å². The summed E-state index contributed by atoms with van der Waals surface area (Å²) < 4.78 is 2.23. The van der Waals surface area contributed by atoms with Gasteiger partial charge in [-0.25, -0.2) is 4.98 Å². The molecule has 0 saturated heterocycles. The lowest BCUT2D eigenvalue weighted by atomic mass is 10.0. The molecule has 0 unspecified atom stereocenters. The second-order valence-corrected chi connectivity index (χ2v) is 9.71. The number of aromatic nitrogens is 2. The van der Waals surface area contributed by atoms with Crippen molar-refractivity contribution in [2.75, 3.05) is 0 Å². The number of hydrogen-bond donors (Lipinski definition) is 0. The van der Waals surface area contributed by atoms with Crippen molar-refractivity contribution in [3.8, 4) is 17.3 Å². The highest BCUT2D eigenvalue weighted by Crippen LogP contribution is 2.39. The first-order valence-electron chi connectivity index (χ1n) is 10.2. The van der Waals surface area contributed by atoms with Crippen LogP contribution >= 0.6 is 34.5 Å². The average molecular weight is 464 g/mol. The fraction of sp³-hybridized carbons (Fsp3) is 0.200. The number of thiazole rings is 1. The Morgan fingerprint density at radius 2 is 2.00 bits per heavy atom. The summed E-state index contributed by atoms with van der Waals surface area (Å²) in [5, 5.41) is 11.1. The van der Waals surface area contributed by atoms with E-state index in [1.165, 1.54) is 23.4 Å². The third kappa shape index (κ3) is 3.68. The predicted molar refractivity (Wildman–Crippen MR) is 130 cm³/mol. The molecule has 154 valence electrons. The first kappa shape index (κ1) is 20.3. The number of benzene rings is 2. The molecular weight excluding hydrogens is 445 g/mol. The van der Waals surface area contributed by atoms with Gasteiger partial charge in [0.2, 0.25) is 0 Å². The van der Waals surface area contributed by atoms with Crippen LogP contribution in [0, 0.1) is 18.3 Å². The van der Waals surface area contributed by atoms with Crippen LogP contribution < -0.4 is 0 Å². The Balaban J connectivity index is 1.80. The van der Waals surface area contributed by atoms with Gasteiger partial charge in [0.1, 0.15) is 0 Å². The largest absolute Gasteiger partial charge is 0.287 e. The van der Waals surface area contributed by atoms with Crippen LogP contribution in [0.5, 0.6) is 0 Å². The predicted octanol–water partition coefficient (Wildman–Crippen LogP) is 7.62. The van der Waals surface area contributed by atoms with Crippen LogP contribution in [0.4, 0.5) is 0 Å². The minimum absolute atomic E-state index is 0.552. The Kier molecular flexibility index (Phi) is 5.35. The lowest BCUT2D eigenvalue weighted by molar-refractivity contribution is 0.674. The number of allylic oxidation sites excluding steroid dienone is 1. The number of hydrogen-bond acceptors (Lipinski definition) is 3. The molecule has 0 bridgehead atoms. The third-order valence-electron chi connectivity index (χ3n) is 5.67. The number of aryl methyl sites for hydroxylation is 3. The summed E-state index contributed by atoms with van der Waals surface area (Å²) in [5.41, 5.74) is 6.42. The van der Waals surface area contributed by atoms with E-state index >= 15 is 0 Å². The van der Waals surface area contributed by atoms with Crippen LogP contribution in [0.2, 0.25) is 10.0 Å². The van der Waals surface area contributed by atoms with Gasteiger partial charge >= 0.3 is 0 Å². The zero-order valence-corrected chi connectivity index (χ0v) is 19.3. The lowest BCUT2D eigenvalue weighted by Crippen LogP contribution is -2.04. The van der Waals surface area contributed by atoms with Gasteiger partial charge in [0.25, 0.3) is 0 Å². The molecule has 1 aliphatic rings. The third-order valence-corrected chi connectivity index (χ3v) is 7.36. The maximum Gasteiger partial charge on any atom is 0.195 e. The topological polar surface area (TPSA) is 41.1 Å². The van der Waals surface area contributed by atoms with Crippen LogP contribution in [0.25, 0.3) is 27.9 Å². The van der Waals surface area contributed by atoms with E-state index in [4.69, 9.17) is 28.2 Å². The normalized spacial score (nSPS) is 13.9. The molecule has 0 fully saturated rings. The molecule has 4 aromatic rings. The van der Waals surface area contributed by atoms with Gasteiger partial charge in [-0.1, -0.05) is 53.0 Å². The molecule has 0 saturated carbocycles. The van der Waals surface area contributed by atoms with Gasteiger partial charge in [-0.15, -0.1) is 11.3 Å². The molecule has 6 heteroatoms. The number of imidazole rings is 1. The number of nitriles is 1. The number of rotatable bonds is 3. The van der Waals surface area contributed by atoms with E-state index < -0.39 is 0 Å². The fourth-order valence-corrected chi connectivity index (χ4v) is 5.91. The Bertz CT molecular complexity index is 1390. The average Bonchev–Trinajstić information content (AvgIpc) is 3.28. The van der Waals surface area contributed by atoms with Crippen molar-refractivity contribution in [1.82, 2.24) is 9.38 Å². The van der Waals surface area contributed by atoms with Crippen LogP contribution in [0.3, 0.4) is 0 Å². The van der Waals surface area contributed by atoms with E-state index in [-0.39, 0.29) is 0 Å². The molecule has 2 aromatic heterocycles. The lowest BCUT2D eigenvalue weighted by Gasteiger charge is -2.12. The molecule has 0 amide bonds. The monoisotopic (exact) mass is 463 g/mol. The molecule has 2 heterocycles. The van der Waals surface area contributed by atoms with Gasteiger partial charge in [-0.05, 0) is 62.4 Å². The summed E-state index contributed by atoms with van der Waals surface area (Å²) in [7, 11) is 0. The van der Waals surface area contributed by atoms with Gasteiger partial charge in [0.05, 0.1) is 28.1 Å². The molecule has 1 aliphatic carbocycles. The van der Waals surface area contributed by atoms with E-state index in [1.54, 1.807) is 17.4 Å². The Hall–Kier alpha value is -2.58. The van der Waals surface area contributed by atoms with Crippen LogP contribution in [0.15, 0.2) is 42.5 Å². The first-order valence-corrected chi connectivity index (χ1v) is 11.8. The van der Waals surface area contributed by atoms with Gasteiger partial charge in [-0.3, -0.25) is 4.40 Å². The molecule has 0 atom stereocenters. The number of halogens is 2. The van der Waals surface area contributed by atoms with Crippen molar-refractivity contribution in [1.29, 1.82) is 5.26 Å². The van der Waals surface area contributed by atoms with E-state index in [0.29, 0.717) is 15.6 Å². The van der Waals surface area contributed by atoms with E-state index in [1.807, 2.05) is 49.4 Å². The molecular formula is C25H19Cl2N3S. The number of nitrogens with zero attached hydrogens (tertiary/aromatic N) is 3. The molecule has 0 spiro atoms. The zero-order valence-electron chi connectivity index (χ0n) is 17.0. The second kappa shape index (κ2) is 8.16. The van der Waals surface area contributed by atoms with Gasteiger partial charge < -0.3 is 0 Å². The van der Waals surface area contributed by atoms with Crippen molar-refractivity contribution in [2.45, 2.75) is 32.6 Å². The zero-order chi connectivity index (χ0) is 21.5. The van der Waals surface area contributed by atoms with Gasteiger partial charge in [0, 0.05) is 21.2 Å². The molecule has 31 heavy (non-hydrogen) atoms. The molecule has 0 N–H and O–H groups in total. The van der Waals surface area contributed by atoms with Gasteiger partial charge in [0.15, 0.2) is 4.96 Å². The quantitative estimate of drug-likeness (QED) is 0.293. The Morgan fingerprint density at radius 3 is 2.77 bits per heavy atom. The molecule has 3 nitrogen and oxygen atoms in total. The van der Waals surface area contributed by atoms with Crippen molar-refractivity contribution >= 4 is 51.1 Å². The molecule has 5 rings (SSSR count). The molecule has 0 radical (unpaired) electrons. The smallest absolute Gasteiger partial charge is 0.195 e. The maximum absolute atomic E-state index is 9.99. The minimum atomic E-state index is 0.552. The van der Waals surface area contributed by atoms with Crippen molar-refractivity contribution in [2.24, 2.45) is 0 Å². The van der Waals surface area contributed by atoms with E-state index in [2.05, 4.69) is 10.5 Å². The highest BCUT2D eigenvalue weighted by molar-refractivity contribution is 7.17. The van der Waals surface area contributed by atoms with Crippen molar-refractivity contribution in [3.63, 3.8) is 0 Å². The maximum atomic E-state index is 9.99. The summed E-state index contributed by atoms with van der Waals surface area (Å²) in [6.07, 6.45) is 6.44. The van der Waals surface area contributed by atoms with Crippen molar-refractivity contribution < 1.29 is 0 Å². The minimum Gasteiger partial charge on any atom is -0.287 e. The molecule has 2 aromatic carbocycles. The molecule has 0 aliphatic heterocycles. The Morgan fingerprint density at radius 1 is 1.16 bits per heavy atom. The highest BCUT2D eigenvalue weighted by atomic mass is 35.5. The summed E-state index contributed by atoms with van der Waals surface area (Å²) >= 11 is 14.4. The SMILES string of the molecule is Cc1cccc(/C(C#N)=C/c2c(-c3ccc(Cl)cc3Cl)nc3sc4c(n23)CCCC4)c1. The summed E-state index contributed by atoms with van der Waals surface area (Å²) in [6, 6.07) is 15.9. The standard InChI is InChI=1S/C25H19Cl2N3S/c1-15-5-4-6-16(11-15)17(14-28)12-22-24(19-10-9-18(26)13-20(19)27)29-25-30(22)21-7-2-3-8-23(21)31-25/h4-6,9-13H,2-3,7-8H2,1H3/b17-12+. The summed E-state index contributed by atoms with van der Waals surface area (Å²) in [4.78, 5) is 7.32. The van der Waals surface area contributed by atoms with Crippen molar-refractivity contribution in [3.05, 3.63) is 79.9 Å². The van der Waals surface area contributed by atoms with Crippen LogP contribution in [-0.2, 0) is 12.8 Å². The first-order chi connectivity index (χ1) is 15.0. The fourth-order valence-electron chi connectivity index (χ4n) is 4.20. The second-order valence-electron chi connectivity index (χ2n) is 7.81. The van der Waals surface area contributed by atoms with E-state index in [0.717, 1.165) is 45.9 Å². The highest BCUT2D eigenvalue weighted by Gasteiger charge is 2.24. The Labute approximate surface area is 195 Å².